The van der Waals surface area contributed by atoms with E-state index in [1.54, 1.807) is 11.8 Å². The molecule has 3 rings (SSSR count). The molecule has 0 bridgehead atoms. The minimum atomic E-state index is -0.132. The van der Waals surface area contributed by atoms with Gasteiger partial charge in [-0.15, -0.1) is 11.8 Å². The predicted molar refractivity (Wildman–Crippen MR) is 105 cm³/mol. The number of amides is 1. The average molecular weight is 375 g/mol. The van der Waals surface area contributed by atoms with Crippen LogP contribution in [0.5, 0.6) is 0 Å². The first-order valence-corrected chi connectivity index (χ1v) is 9.67. The first-order chi connectivity index (χ1) is 11.6. The second kappa shape index (κ2) is 7.47. The molecule has 24 heavy (non-hydrogen) atoms. The molecule has 122 valence electrons. The molecule has 2 aromatic carbocycles. The fourth-order valence-electron chi connectivity index (χ4n) is 2.16. The van der Waals surface area contributed by atoms with E-state index in [0.717, 1.165) is 16.8 Å². The highest BCUT2D eigenvalue weighted by Gasteiger charge is 2.24. The average Bonchev–Trinajstić information content (AvgIpc) is 2.92. The van der Waals surface area contributed by atoms with E-state index in [0.29, 0.717) is 15.1 Å². The van der Waals surface area contributed by atoms with Gasteiger partial charge in [0.15, 0.2) is 5.17 Å². The number of aliphatic imine (C=N–C) groups is 1. The molecule has 3 nitrogen and oxygen atoms in total. The standard InChI is InChI=1S/C18H15ClN2OS2/c1-11-14(19)4-3-5-15(11)20-18-21-17(22)16(24-18)10-12-6-8-13(23-2)9-7-12/h3-10H,1-2H3,(H,20,21,22)/b16-10+. The molecule has 0 saturated carbocycles. The summed E-state index contributed by atoms with van der Waals surface area (Å²) < 4.78 is 0. The number of rotatable bonds is 3. The zero-order valence-corrected chi connectivity index (χ0v) is 15.6. The van der Waals surface area contributed by atoms with E-state index in [4.69, 9.17) is 11.6 Å². The van der Waals surface area contributed by atoms with Crippen molar-refractivity contribution in [3.63, 3.8) is 0 Å². The summed E-state index contributed by atoms with van der Waals surface area (Å²) >= 11 is 9.14. The van der Waals surface area contributed by atoms with Crippen LogP contribution in [0.4, 0.5) is 5.69 Å². The number of nitrogens with one attached hydrogen (secondary N) is 1. The smallest absolute Gasteiger partial charge is 0.264 e. The second-order valence-electron chi connectivity index (χ2n) is 5.14. The first-order valence-electron chi connectivity index (χ1n) is 7.25. The van der Waals surface area contributed by atoms with Gasteiger partial charge >= 0.3 is 0 Å². The number of carbonyl (C=O) groups is 1. The highest BCUT2D eigenvalue weighted by Crippen LogP contribution is 2.31. The van der Waals surface area contributed by atoms with Gasteiger partial charge in [0.25, 0.3) is 5.91 Å². The Kier molecular flexibility index (Phi) is 5.33. The summed E-state index contributed by atoms with van der Waals surface area (Å²) in [5.74, 6) is -0.132. The molecule has 0 aliphatic carbocycles. The van der Waals surface area contributed by atoms with E-state index < -0.39 is 0 Å². The summed E-state index contributed by atoms with van der Waals surface area (Å²) in [4.78, 5) is 18.5. The Hall–Kier alpha value is -1.69. The molecule has 1 saturated heterocycles. The van der Waals surface area contributed by atoms with Crippen LogP contribution in [0.1, 0.15) is 11.1 Å². The molecule has 6 heteroatoms. The SMILES string of the molecule is CSc1ccc(/C=C2/SC(=Nc3cccc(Cl)c3C)NC2=O)cc1. The maximum Gasteiger partial charge on any atom is 0.264 e. The highest BCUT2D eigenvalue weighted by molar-refractivity contribution is 8.18. The Bertz CT molecular complexity index is 845. The Morgan fingerprint density at radius 3 is 2.67 bits per heavy atom. The number of carbonyl (C=O) groups excluding carboxylic acids is 1. The van der Waals surface area contributed by atoms with Crippen LogP contribution in [-0.2, 0) is 4.79 Å². The summed E-state index contributed by atoms with van der Waals surface area (Å²) in [5.41, 5.74) is 2.65. The molecule has 1 amide bonds. The number of thioether (sulfide) groups is 2. The largest absolute Gasteiger partial charge is 0.300 e. The summed E-state index contributed by atoms with van der Waals surface area (Å²) in [6.07, 6.45) is 3.91. The summed E-state index contributed by atoms with van der Waals surface area (Å²) in [5, 5.41) is 4.03. The lowest BCUT2D eigenvalue weighted by molar-refractivity contribution is -0.115. The number of hydrogen-bond donors (Lipinski definition) is 1. The van der Waals surface area contributed by atoms with E-state index in [9.17, 15) is 4.79 Å². The zero-order chi connectivity index (χ0) is 17.1. The van der Waals surface area contributed by atoms with Gasteiger partial charge < -0.3 is 5.32 Å². The number of halogens is 1. The van der Waals surface area contributed by atoms with E-state index in [2.05, 4.69) is 10.3 Å². The highest BCUT2D eigenvalue weighted by atomic mass is 35.5. The van der Waals surface area contributed by atoms with Crippen LogP contribution in [-0.4, -0.2) is 17.3 Å². The maximum absolute atomic E-state index is 12.1. The maximum atomic E-state index is 12.1. The van der Waals surface area contributed by atoms with Crippen molar-refractivity contribution in [3.8, 4) is 0 Å². The van der Waals surface area contributed by atoms with Crippen LogP contribution in [0.25, 0.3) is 6.08 Å². The Balaban J connectivity index is 1.83. The molecule has 1 heterocycles. The molecule has 1 N–H and O–H groups in total. The monoisotopic (exact) mass is 374 g/mol. The van der Waals surface area contributed by atoms with Crippen LogP contribution in [0.2, 0.25) is 5.02 Å². The van der Waals surface area contributed by atoms with Gasteiger partial charge in [0.2, 0.25) is 0 Å². The van der Waals surface area contributed by atoms with Gasteiger partial charge in [-0.05, 0) is 66.4 Å². The van der Waals surface area contributed by atoms with Crippen LogP contribution in [0.15, 0.2) is 57.3 Å². The number of benzene rings is 2. The minimum absolute atomic E-state index is 0.132. The fourth-order valence-corrected chi connectivity index (χ4v) is 3.57. The lowest BCUT2D eigenvalue weighted by Gasteiger charge is -2.02. The van der Waals surface area contributed by atoms with E-state index in [-0.39, 0.29) is 5.91 Å². The summed E-state index contributed by atoms with van der Waals surface area (Å²) in [7, 11) is 0. The third-order valence-electron chi connectivity index (χ3n) is 3.53. The molecule has 0 spiro atoms. The van der Waals surface area contributed by atoms with Crippen molar-refractivity contribution in [2.75, 3.05) is 6.26 Å². The molecule has 2 aromatic rings. The van der Waals surface area contributed by atoms with Gasteiger partial charge in [0.1, 0.15) is 0 Å². The van der Waals surface area contributed by atoms with Crippen molar-refractivity contribution >= 4 is 58.0 Å². The molecule has 0 aromatic heterocycles. The lowest BCUT2D eigenvalue weighted by Crippen LogP contribution is -2.19. The Labute approximate surface area is 154 Å². The van der Waals surface area contributed by atoms with Crippen molar-refractivity contribution in [2.45, 2.75) is 11.8 Å². The zero-order valence-electron chi connectivity index (χ0n) is 13.2. The molecule has 0 radical (unpaired) electrons. The Morgan fingerprint density at radius 1 is 1.21 bits per heavy atom. The van der Waals surface area contributed by atoms with Gasteiger partial charge in [0.05, 0.1) is 10.6 Å². The Morgan fingerprint density at radius 2 is 1.96 bits per heavy atom. The summed E-state index contributed by atoms with van der Waals surface area (Å²) in [6.45, 7) is 1.91. The number of hydrogen-bond acceptors (Lipinski definition) is 4. The van der Waals surface area contributed by atoms with Crippen molar-refractivity contribution in [2.24, 2.45) is 4.99 Å². The quantitative estimate of drug-likeness (QED) is 0.588. The van der Waals surface area contributed by atoms with Gasteiger partial charge in [-0.1, -0.05) is 29.8 Å². The van der Waals surface area contributed by atoms with Crippen LogP contribution in [0.3, 0.4) is 0 Å². The third-order valence-corrected chi connectivity index (χ3v) is 5.59. The lowest BCUT2D eigenvalue weighted by atomic mass is 10.2. The van der Waals surface area contributed by atoms with Gasteiger partial charge in [-0.2, -0.15) is 0 Å². The molecule has 1 fully saturated rings. The van der Waals surface area contributed by atoms with Crippen LogP contribution in [0, 0.1) is 6.92 Å². The van der Waals surface area contributed by atoms with Gasteiger partial charge in [-0.25, -0.2) is 4.99 Å². The van der Waals surface area contributed by atoms with Crippen molar-refractivity contribution < 1.29 is 4.79 Å². The molecule has 0 atom stereocenters. The predicted octanol–water partition coefficient (Wildman–Crippen LogP) is 5.26. The van der Waals surface area contributed by atoms with Crippen LogP contribution < -0.4 is 5.32 Å². The minimum Gasteiger partial charge on any atom is -0.300 e. The van der Waals surface area contributed by atoms with Crippen molar-refractivity contribution in [1.82, 2.24) is 5.32 Å². The molecule has 1 aliphatic rings. The van der Waals surface area contributed by atoms with Gasteiger partial charge in [0, 0.05) is 9.92 Å². The van der Waals surface area contributed by atoms with Crippen LogP contribution >= 0.6 is 35.1 Å². The van der Waals surface area contributed by atoms with Crippen molar-refractivity contribution in [3.05, 3.63) is 63.5 Å². The van der Waals surface area contributed by atoms with Crippen molar-refractivity contribution in [1.29, 1.82) is 0 Å². The third kappa shape index (κ3) is 3.86. The fraction of sp³-hybridized carbons (Fsp3) is 0.111. The molecular formula is C18H15ClN2OS2. The van der Waals surface area contributed by atoms with E-state index in [1.165, 1.54) is 16.7 Å². The molecule has 1 aliphatic heterocycles. The molecular weight excluding hydrogens is 360 g/mol. The number of nitrogens with zero attached hydrogens (tertiary/aromatic N) is 1. The molecule has 0 unspecified atom stereocenters. The van der Waals surface area contributed by atoms with Gasteiger partial charge in [-0.3, -0.25) is 4.79 Å². The van der Waals surface area contributed by atoms with E-state index >= 15 is 0 Å². The topological polar surface area (TPSA) is 41.5 Å². The number of amidine groups is 1. The second-order valence-corrected chi connectivity index (χ2v) is 7.46. The van der Waals surface area contributed by atoms with E-state index in [1.807, 2.05) is 61.7 Å². The first kappa shape index (κ1) is 17.1. The normalized spacial score (nSPS) is 17.5. The summed E-state index contributed by atoms with van der Waals surface area (Å²) in [6, 6.07) is 13.6.